The molecule has 0 radical (unpaired) electrons. The molecule has 1 amide bonds. The van der Waals surface area contributed by atoms with Crippen LogP contribution in [0.5, 0.6) is 0 Å². The first kappa shape index (κ1) is 20.3. The van der Waals surface area contributed by atoms with Crippen molar-refractivity contribution in [1.29, 1.82) is 0 Å². The summed E-state index contributed by atoms with van der Waals surface area (Å²) in [7, 11) is 0. The van der Waals surface area contributed by atoms with Crippen LogP contribution in [-0.2, 0) is 11.2 Å². The lowest BCUT2D eigenvalue weighted by atomic mass is 9.88. The van der Waals surface area contributed by atoms with Crippen LogP contribution in [0.15, 0.2) is 67.0 Å². The summed E-state index contributed by atoms with van der Waals surface area (Å²) >= 11 is 0. The quantitative estimate of drug-likeness (QED) is 0.515. The predicted molar refractivity (Wildman–Crippen MR) is 120 cm³/mol. The third-order valence-electron chi connectivity index (χ3n) is 6.28. The SMILES string of the molecule is O=C([C@@H](Cc1ccc(F)cc1)c1ccccc1)N1CCC(c2[nH]nc3nccnc23)CC1. The van der Waals surface area contributed by atoms with Crippen LogP contribution in [0.2, 0.25) is 0 Å². The lowest BCUT2D eigenvalue weighted by molar-refractivity contribution is -0.133. The highest BCUT2D eigenvalue weighted by Crippen LogP contribution is 2.32. The Kier molecular flexibility index (Phi) is 5.62. The van der Waals surface area contributed by atoms with E-state index in [2.05, 4.69) is 20.2 Å². The number of carbonyl (C=O) groups excluding carboxylic acids is 1. The van der Waals surface area contributed by atoms with Crippen LogP contribution in [0.3, 0.4) is 0 Å². The molecule has 1 N–H and O–H groups in total. The van der Waals surface area contributed by atoms with Gasteiger partial charge in [0.2, 0.25) is 5.91 Å². The van der Waals surface area contributed by atoms with E-state index >= 15 is 0 Å². The maximum absolute atomic E-state index is 13.6. The molecular weight excluding hydrogens is 405 g/mol. The minimum absolute atomic E-state index is 0.119. The zero-order valence-electron chi connectivity index (χ0n) is 17.6. The standard InChI is InChI=1S/C25H24FN5O/c26-20-8-6-17(7-9-20)16-21(18-4-2-1-3-5-18)25(32)31-14-10-19(11-15-31)22-23-24(30-29-22)28-13-12-27-23/h1-9,12-13,19,21H,10-11,14-16H2,(H,28,29,30)/t21-/m0/s1. The number of amides is 1. The van der Waals surface area contributed by atoms with Crippen LogP contribution < -0.4 is 0 Å². The third-order valence-corrected chi connectivity index (χ3v) is 6.28. The summed E-state index contributed by atoms with van der Waals surface area (Å²) in [6.45, 7) is 1.36. The summed E-state index contributed by atoms with van der Waals surface area (Å²) in [4.78, 5) is 24.2. The Bertz CT molecular complexity index is 1200. The van der Waals surface area contributed by atoms with Crippen LogP contribution in [-0.4, -0.2) is 44.1 Å². The Labute approximate surface area is 185 Å². The van der Waals surface area contributed by atoms with E-state index in [0.717, 1.165) is 35.2 Å². The summed E-state index contributed by atoms with van der Waals surface area (Å²) < 4.78 is 13.4. The molecule has 2 aromatic heterocycles. The number of nitrogens with zero attached hydrogens (tertiary/aromatic N) is 4. The van der Waals surface area contributed by atoms with Crippen molar-refractivity contribution in [2.24, 2.45) is 0 Å². The van der Waals surface area contributed by atoms with E-state index in [1.807, 2.05) is 35.2 Å². The number of piperidine rings is 1. The molecule has 0 spiro atoms. The van der Waals surface area contributed by atoms with Gasteiger partial charge in [-0.15, -0.1) is 0 Å². The number of hydrogen-bond donors (Lipinski definition) is 1. The van der Waals surface area contributed by atoms with Gasteiger partial charge in [-0.05, 0) is 42.5 Å². The largest absolute Gasteiger partial charge is 0.342 e. The molecule has 4 aromatic rings. The molecule has 1 fully saturated rings. The third kappa shape index (κ3) is 4.10. The topological polar surface area (TPSA) is 74.8 Å². The van der Waals surface area contributed by atoms with Crippen LogP contribution in [0.1, 0.15) is 41.5 Å². The highest BCUT2D eigenvalue weighted by Gasteiger charge is 2.31. The maximum atomic E-state index is 13.6. The second kappa shape index (κ2) is 8.86. The number of aromatic nitrogens is 4. The molecule has 32 heavy (non-hydrogen) atoms. The van der Waals surface area contributed by atoms with Gasteiger partial charge in [0.25, 0.3) is 0 Å². The molecule has 2 aromatic carbocycles. The second-order valence-electron chi connectivity index (χ2n) is 8.26. The first-order valence-corrected chi connectivity index (χ1v) is 10.9. The monoisotopic (exact) mass is 429 g/mol. The highest BCUT2D eigenvalue weighted by molar-refractivity contribution is 5.84. The van der Waals surface area contributed by atoms with Gasteiger partial charge in [-0.25, -0.2) is 14.4 Å². The molecule has 3 heterocycles. The number of aromatic amines is 1. The molecule has 162 valence electrons. The molecule has 0 aliphatic carbocycles. The predicted octanol–water partition coefficient (Wildman–Crippen LogP) is 4.22. The smallest absolute Gasteiger partial charge is 0.230 e. The molecule has 1 saturated heterocycles. The zero-order valence-corrected chi connectivity index (χ0v) is 17.6. The highest BCUT2D eigenvalue weighted by atomic mass is 19.1. The molecular formula is C25H24FN5O. The van der Waals surface area contributed by atoms with Gasteiger partial charge in [-0.3, -0.25) is 9.89 Å². The van der Waals surface area contributed by atoms with Crippen molar-refractivity contribution >= 4 is 17.1 Å². The van der Waals surface area contributed by atoms with Gasteiger partial charge >= 0.3 is 0 Å². The van der Waals surface area contributed by atoms with E-state index in [4.69, 9.17) is 0 Å². The normalized spacial score (nSPS) is 15.7. The summed E-state index contributed by atoms with van der Waals surface area (Å²) in [6, 6.07) is 16.3. The van der Waals surface area contributed by atoms with Crippen LogP contribution >= 0.6 is 0 Å². The number of fused-ring (bicyclic) bond motifs is 1. The molecule has 0 bridgehead atoms. The van der Waals surface area contributed by atoms with Crippen LogP contribution in [0.4, 0.5) is 4.39 Å². The Hall–Kier alpha value is -3.61. The number of rotatable bonds is 5. The van der Waals surface area contributed by atoms with Gasteiger partial charge in [0, 0.05) is 31.4 Å². The fraction of sp³-hybridized carbons (Fsp3) is 0.280. The Morgan fingerprint density at radius 2 is 1.75 bits per heavy atom. The molecule has 5 rings (SSSR count). The van der Waals surface area contributed by atoms with Gasteiger partial charge in [-0.1, -0.05) is 42.5 Å². The lowest BCUT2D eigenvalue weighted by Gasteiger charge is -2.34. The van der Waals surface area contributed by atoms with E-state index in [0.29, 0.717) is 25.2 Å². The first-order valence-electron chi connectivity index (χ1n) is 10.9. The molecule has 6 nitrogen and oxygen atoms in total. The van der Waals surface area contributed by atoms with Crippen molar-refractivity contribution < 1.29 is 9.18 Å². The van der Waals surface area contributed by atoms with Crippen molar-refractivity contribution in [3.8, 4) is 0 Å². The fourth-order valence-corrected chi connectivity index (χ4v) is 4.55. The molecule has 7 heteroatoms. The molecule has 1 aliphatic heterocycles. The number of nitrogens with one attached hydrogen (secondary N) is 1. The average molecular weight is 429 g/mol. The second-order valence-corrected chi connectivity index (χ2v) is 8.26. The molecule has 0 unspecified atom stereocenters. The Morgan fingerprint density at radius 1 is 1.03 bits per heavy atom. The van der Waals surface area contributed by atoms with E-state index in [-0.39, 0.29) is 23.6 Å². The summed E-state index contributed by atoms with van der Waals surface area (Å²) in [5.74, 6) is -0.173. The lowest BCUT2D eigenvalue weighted by Crippen LogP contribution is -2.41. The van der Waals surface area contributed by atoms with E-state index < -0.39 is 0 Å². The van der Waals surface area contributed by atoms with Gasteiger partial charge < -0.3 is 4.90 Å². The van der Waals surface area contributed by atoms with E-state index in [1.54, 1.807) is 24.5 Å². The van der Waals surface area contributed by atoms with Gasteiger partial charge in [0.1, 0.15) is 11.3 Å². The number of carbonyl (C=O) groups is 1. The van der Waals surface area contributed by atoms with Crippen molar-refractivity contribution in [2.75, 3.05) is 13.1 Å². The fourth-order valence-electron chi connectivity index (χ4n) is 4.55. The number of hydrogen-bond acceptors (Lipinski definition) is 4. The van der Waals surface area contributed by atoms with E-state index in [1.165, 1.54) is 12.1 Å². The molecule has 0 saturated carbocycles. The number of H-pyrrole nitrogens is 1. The number of likely N-dealkylation sites (tertiary alicyclic amines) is 1. The Morgan fingerprint density at radius 3 is 2.50 bits per heavy atom. The molecule has 1 aliphatic rings. The van der Waals surface area contributed by atoms with Crippen molar-refractivity contribution in [1.82, 2.24) is 25.1 Å². The summed E-state index contributed by atoms with van der Waals surface area (Å²) in [6.07, 6.45) is 5.55. The van der Waals surface area contributed by atoms with Crippen LogP contribution in [0, 0.1) is 5.82 Å². The summed E-state index contributed by atoms with van der Waals surface area (Å²) in [5.41, 5.74) is 4.39. The molecule has 1 atom stereocenters. The maximum Gasteiger partial charge on any atom is 0.230 e. The van der Waals surface area contributed by atoms with Crippen molar-refractivity contribution in [3.05, 3.63) is 89.6 Å². The summed E-state index contributed by atoms with van der Waals surface area (Å²) in [5, 5.41) is 7.37. The van der Waals surface area contributed by atoms with Crippen molar-refractivity contribution in [3.63, 3.8) is 0 Å². The first-order chi connectivity index (χ1) is 15.7. The minimum Gasteiger partial charge on any atom is -0.342 e. The van der Waals surface area contributed by atoms with Gasteiger partial charge in [0.15, 0.2) is 5.65 Å². The van der Waals surface area contributed by atoms with Crippen LogP contribution in [0.25, 0.3) is 11.2 Å². The number of halogens is 1. The average Bonchev–Trinajstić information content (AvgIpc) is 3.28. The van der Waals surface area contributed by atoms with E-state index in [9.17, 15) is 9.18 Å². The minimum atomic E-state index is -0.294. The van der Waals surface area contributed by atoms with Gasteiger partial charge in [0.05, 0.1) is 11.6 Å². The number of benzene rings is 2. The van der Waals surface area contributed by atoms with Gasteiger partial charge in [-0.2, -0.15) is 5.10 Å². The van der Waals surface area contributed by atoms with Crippen molar-refractivity contribution in [2.45, 2.75) is 31.1 Å². The Balaban J connectivity index is 1.32. The zero-order chi connectivity index (χ0) is 21.9.